The number of sulfone groups is 1. The lowest BCUT2D eigenvalue weighted by Gasteiger charge is -2.19. The minimum absolute atomic E-state index is 0.0448. The van der Waals surface area contributed by atoms with Crippen molar-refractivity contribution in [1.29, 1.82) is 0 Å². The molecule has 1 atom stereocenters. The highest BCUT2D eigenvalue weighted by atomic mass is 35.5. The van der Waals surface area contributed by atoms with E-state index >= 15 is 0 Å². The Balaban J connectivity index is 2.01. The van der Waals surface area contributed by atoms with Crippen LogP contribution in [0.1, 0.15) is 31.0 Å². The van der Waals surface area contributed by atoms with Gasteiger partial charge in [0.2, 0.25) is 0 Å². The van der Waals surface area contributed by atoms with E-state index in [1.54, 1.807) is 18.2 Å². The molecule has 5 nitrogen and oxygen atoms in total. The maximum Gasteiger partial charge on any atom is 0.191 e. The molecule has 28 heavy (non-hydrogen) atoms. The van der Waals surface area contributed by atoms with Crippen molar-refractivity contribution in [3.63, 3.8) is 0 Å². The van der Waals surface area contributed by atoms with Crippen LogP contribution in [0.4, 0.5) is 0 Å². The molecule has 0 heterocycles. The van der Waals surface area contributed by atoms with Crippen LogP contribution in [0.25, 0.3) is 0 Å². The van der Waals surface area contributed by atoms with Gasteiger partial charge in [-0.3, -0.25) is 4.99 Å². The molecule has 0 amide bonds. The molecule has 0 aliphatic carbocycles. The van der Waals surface area contributed by atoms with Gasteiger partial charge in [0.15, 0.2) is 15.8 Å². The summed E-state index contributed by atoms with van der Waals surface area (Å²) in [5.74, 6) is 0.689. The second kappa shape index (κ2) is 10.1. The first kappa shape index (κ1) is 22.5. The van der Waals surface area contributed by atoms with Crippen LogP contribution in [0.5, 0.6) is 0 Å². The number of nitrogens with one attached hydrogen (secondary N) is 2. The predicted molar refractivity (Wildman–Crippen MR) is 117 cm³/mol. The van der Waals surface area contributed by atoms with E-state index in [1.165, 1.54) is 6.26 Å². The Morgan fingerprint density at radius 2 is 1.82 bits per heavy atom. The Morgan fingerprint density at radius 1 is 1.14 bits per heavy atom. The van der Waals surface area contributed by atoms with Gasteiger partial charge in [-0.15, -0.1) is 0 Å². The summed E-state index contributed by atoms with van der Waals surface area (Å²) in [7, 11) is -3.17. The van der Waals surface area contributed by atoms with Crippen LogP contribution in [-0.2, 0) is 16.3 Å². The van der Waals surface area contributed by atoms with Crippen LogP contribution in [0, 0.1) is 0 Å². The third kappa shape index (κ3) is 6.69. The molecule has 0 fully saturated rings. The number of nitrogens with zero attached hydrogens (tertiary/aromatic N) is 1. The van der Waals surface area contributed by atoms with Crippen molar-refractivity contribution in [3.05, 3.63) is 63.6 Å². The molecule has 2 N–H and O–H groups in total. The van der Waals surface area contributed by atoms with Crippen molar-refractivity contribution in [2.24, 2.45) is 4.99 Å². The van der Waals surface area contributed by atoms with Gasteiger partial charge >= 0.3 is 0 Å². The van der Waals surface area contributed by atoms with Gasteiger partial charge in [0, 0.05) is 29.4 Å². The van der Waals surface area contributed by atoms with Gasteiger partial charge in [-0.25, -0.2) is 8.42 Å². The van der Waals surface area contributed by atoms with Gasteiger partial charge in [-0.05, 0) is 55.7 Å². The molecule has 0 radical (unpaired) electrons. The Kier molecular flexibility index (Phi) is 8.16. The van der Waals surface area contributed by atoms with Crippen molar-refractivity contribution >= 4 is 39.0 Å². The number of hydrogen-bond donors (Lipinski definition) is 2. The highest BCUT2D eigenvalue weighted by Crippen LogP contribution is 2.26. The van der Waals surface area contributed by atoms with Crippen LogP contribution in [-0.4, -0.2) is 33.7 Å². The lowest BCUT2D eigenvalue weighted by molar-refractivity contribution is 0.602. The Hall–Kier alpha value is -1.76. The third-order valence-electron chi connectivity index (χ3n) is 4.15. The second-order valence-corrected chi connectivity index (χ2v) is 9.32. The normalized spacial score (nSPS) is 13.2. The van der Waals surface area contributed by atoms with E-state index in [0.29, 0.717) is 33.9 Å². The van der Waals surface area contributed by atoms with Gasteiger partial charge in [0.25, 0.3) is 0 Å². The average molecular weight is 442 g/mol. The fraction of sp³-hybridized carbons (Fsp3) is 0.350. The fourth-order valence-electron chi connectivity index (χ4n) is 2.66. The molecule has 2 aromatic carbocycles. The molecule has 152 valence electrons. The van der Waals surface area contributed by atoms with E-state index in [0.717, 1.165) is 17.7 Å². The summed E-state index contributed by atoms with van der Waals surface area (Å²) in [5.41, 5.74) is 1.97. The Morgan fingerprint density at radius 3 is 2.39 bits per heavy atom. The van der Waals surface area contributed by atoms with E-state index in [4.69, 9.17) is 23.2 Å². The zero-order chi connectivity index (χ0) is 20.7. The van der Waals surface area contributed by atoms with Crippen LogP contribution in [0.2, 0.25) is 10.0 Å². The number of hydrogen-bond acceptors (Lipinski definition) is 3. The van der Waals surface area contributed by atoms with Crippen molar-refractivity contribution < 1.29 is 8.42 Å². The van der Waals surface area contributed by atoms with E-state index in [2.05, 4.69) is 15.6 Å². The largest absolute Gasteiger partial charge is 0.357 e. The maximum absolute atomic E-state index is 11.5. The van der Waals surface area contributed by atoms with Crippen LogP contribution in [0.15, 0.2) is 52.4 Å². The summed E-state index contributed by atoms with van der Waals surface area (Å²) < 4.78 is 23.1. The third-order valence-corrected chi connectivity index (χ3v) is 5.84. The zero-order valence-corrected chi connectivity index (χ0v) is 18.5. The molecule has 0 aliphatic rings. The minimum atomic E-state index is -3.17. The highest BCUT2D eigenvalue weighted by Gasteiger charge is 2.12. The smallest absolute Gasteiger partial charge is 0.191 e. The number of aliphatic imine (C=N–C) groups is 1. The van der Waals surface area contributed by atoms with Gasteiger partial charge in [0.05, 0.1) is 10.9 Å². The number of guanidine groups is 1. The Bertz CT molecular complexity index is 929. The summed E-state index contributed by atoms with van der Waals surface area (Å²) >= 11 is 12.3. The minimum Gasteiger partial charge on any atom is -0.357 e. The lowest BCUT2D eigenvalue weighted by atomic mass is 10.1. The molecule has 0 aromatic heterocycles. The zero-order valence-electron chi connectivity index (χ0n) is 16.2. The predicted octanol–water partition coefficient (Wildman–Crippen LogP) is 4.26. The van der Waals surface area contributed by atoms with E-state index in [9.17, 15) is 8.42 Å². The maximum atomic E-state index is 11.5. The summed E-state index contributed by atoms with van der Waals surface area (Å²) in [5, 5.41) is 7.77. The lowest BCUT2D eigenvalue weighted by Crippen LogP contribution is -2.39. The SMILES string of the molecule is CCNC(=NCCc1ccc(S(C)(=O)=O)cc1)NC(C)c1ccc(Cl)cc1Cl. The summed E-state index contributed by atoms with van der Waals surface area (Å²) in [6.07, 6.45) is 1.91. The first-order valence-corrected chi connectivity index (χ1v) is 11.6. The standard InChI is InChI=1S/C20H25Cl2N3O2S/c1-4-23-20(25-14(2)18-10-7-16(21)13-19(18)22)24-12-11-15-5-8-17(9-6-15)28(3,26)27/h5-10,13-14H,4,11-12H2,1-3H3,(H2,23,24,25). The van der Waals surface area contributed by atoms with Gasteiger partial charge < -0.3 is 10.6 Å². The van der Waals surface area contributed by atoms with Crippen molar-refractivity contribution in [2.45, 2.75) is 31.2 Å². The number of benzene rings is 2. The second-order valence-electron chi connectivity index (χ2n) is 6.46. The molecule has 2 rings (SSSR count). The fourth-order valence-corrected chi connectivity index (χ4v) is 3.86. The molecule has 0 spiro atoms. The van der Waals surface area contributed by atoms with Crippen molar-refractivity contribution in [3.8, 4) is 0 Å². The summed E-state index contributed by atoms with van der Waals surface area (Å²) in [4.78, 5) is 4.92. The molecule has 2 aromatic rings. The average Bonchev–Trinajstić information content (AvgIpc) is 2.61. The Labute approximate surface area is 177 Å². The molecule has 0 saturated carbocycles. The monoisotopic (exact) mass is 441 g/mol. The van der Waals surface area contributed by atoms with Gasteiger partial charge in [0.1, 0.15) is 0 Å². The molecular weight excluding hydrogens is 417 g/mol. The van der Waals surface area contributed by atoms with E-state index in [1.807, 2.05) is 38.1 Å². The topological polar surface area (TPSA) is 70.6 Å². The van der Waals surface area contributed by atoms with E-state index in [-0.39, 0.29) is 6.04 Å². The van der Waals surface area contributed by atoms with Crippen LogP contribution in [0.3, 0.4) is 0 Å². The molecule has 0 bridgehead atoms. The number of rotatable bonds is 7. The van der Waals surface area contributed by atoms with Gasteiger partial charge in [-0.2, -0.15) is 0 Å². The van der Waals surface area contributed by atoms with Crippen LogP contribution < -0.4 is 10.6 Å². The van der Waals surface area contributed by atoms with E-state index < -0.39 is 9.84 Å². The van der Waals surface area contributed by atoms with Crippen molar-refractivity contribution in [2.75, 3.05) is 19.3 Å². The summed E-state index contributed by atoms with van der Waals surface area (Å²) in [6, 6.07) is 12.3. The van der Waals surface area contributed by atoms with Gasteiger partial charge in [-0.1, -0.05) is 41.4 Å². The van der Waals surface area contributed by atoms with Crippen molar-refractivity contribution in [1.82, 2.24) is 10.6 Å². The summed E-state index contributed by atoms with van der Waals surface area (Å²) in [6.45, 7) is 5.30. The van der Waals surface area contributed by atoms with Crippen LogP contribution >= 0.6 is 23.2 Å². The molecule has 0 aliphatic heterocycles. The molecule has 1 unspecified atom stereocenters. The molecule has 8 heteroatoms. The first-order valence-electron chi connectivity index (χ1n) is 8.99. The number of halogens is 2. The molecule has 0 saturated heterocycles. The quantitative estimate of drug-likeness (QED) is 0.497. The highest BCUT2D eigenvalue weighted by molar-refractivity contribution is 7.90. The molecular formula is C20H25Cl2N3O2S. The first-order chi connectivity index (χ1) is 13.2.